The van der Waals surface area contributed by atoms with E-state index in [0.29, 0.717) is 32.9 Å². The quantitative estimate of drug-likeness (QED) is 0.242. The van der Waals surface area contributed by atoms with Crippen LogP contribution in [0.3, 0.4) is 0 Å². The van der Waals surface area contributed by atoms with Crippen LogP contribution in [-0.2, 0) is 26.9 Å². The van der Waals surface area contributed by atoms with Gasteiger partial charge < -0.3 is 0 Å². The zero-order valence-electron chi connectivity index (χ0n) is 14.4. The first kappa shape index (κ1) is 22.4. The molecule has 0 saturated heterocycles. The van der Waals surface area contributed by atoms with Crippen molar-refractivity contribution in [2.45, 2.75) is 46.5 Å². The SMILES string of the molecule is CCCC[O][Ti]([NH]CCO)([NH]CCO)([O]CC)[O]CCCC. The average molecular weight is 359 g/mol. The second-order valence-corrected chi connectivity index (χ2v) is 10.7. The Labute approximate surface area is 137 Å². The number of nitrogens with one attached hydrogen (secondary N) is 2. The molecule has 22 heavy (non-hydrogen) atoms. The van der Waals surface area contributed by atoms with Gasteiger partial charge in [0.2, 0.25) is 0 Å². The molecule has 0 saturated carbocycles. The van der Waals surface area contributed by atoms with Crippen molar-refractivity contribution in [2.75, 3.05) is 46.1 Å². The van der Waals surface area contributed by atoms with Crippen molar-refractivity contribution in [1.82, 2.24) is 7.60 Å². The van der Waals surface area contributed by atoms with Crippen LogP contribution in [0.2, 0.25) is 0 Å². The van der Waals surface area contributed by atoms with Crippen LogP contribution in [0.25, 0.3) is 0 Å². The van der Waals surface area contributed by atoms with E-state index in [9.17, 15) is 10.2 Å². The van der Waals surface area contributed by atoms with E-state index in [0.717, 1.165) is 25.7 Å². The molecule has 0 amide bonds. The Morgan fingerprint density at radius 1 is 0.773 bits per heavy atom. The van der Waals surface area contributed by atoms with Crippen LogP contribution >= 0.6 is 0 Å². The van der Waals surface area contributed by atoms with Crippen LogP contribution in [0.4, 0.5) is 0 Å². The number of aliphatic hydroxyl groups excluding tert-OH is 2. The van der Waals surface area contributed by atoms with Gasteiger partial charge in [-0.2, -0.15) is 0 Å². The number of unbranched alkanes of at least 4 members (excludes halogenated alkanes) is 2. The molecular formula is C14H35N2O5Ti. The van der Waals surface area contributed by atoms with E-state index < -0.39 is 17.0 Å². The topological polar surface area (TPSA) is 92.2 Å². The van der Waals surface area contributed by atoms with Crippen LogP contribution in [0, 0.1) is 0 Å². The molecule has 0 aliphatic carbocycles. The maximum atomic E-state index is 9.21. The van der Waals surface area contributed by atoms with E-state index in [1.54, 1.807) is 0 Å². The summed E-state index contributed by atoms with van der Waals surface area (Å²) in [4.78, 5) is 0. The van der Waals surface area contributed by atoms with Gasteiger partial charge in [-0.1, -0.05) is 0 Å². The summed E-state index contributed by atoms with van der Waals surface area (Å²) < 4.78 is 24.7. The van der Waals surface area contributed by atoms with Crippen molar-refractivity contribution >= 4 is 0 Å². The molecule has 0 bridgehead atoms. The zero-order chi connectivity index (χ0) is 16.8. The van der Waals surface area contributed by atoms with Crippen LogP contribution in [0.1, 0.15) is 46.5 Å². The standard InChI is InChI=1S/2C4H9O.2C2H6NO.C2H5O.Ti/c2*1-2-3-4-5;2*3-1-2-4;1-2-3;/h2*2-4H2,1H3;2*3-4H,1-2H2;2H2,1H3;/q5*-1;+5. The van der Waals surface area contributed by atoms with Crippen LogP contribution in [0.15, 0.2) is 0 Å². The molecule has 8 heteroatoms. The van der Waals surface area contributed by atoms with Gasteiger partial charge in [-0.15, -0.1) is 0 Å². The van der Waals surface area contributed by atoms with Gasteiger partial charge in [0.05, 0.1) is 0 Å². The molecule has 135 valence electrons. The normalized spacial score (nSPS) is 14.0. The molecule has 0 radical (unpaired) electrons. The van der Waals surface area contributed by atoms with Gasteiger partial charge in [-0.3, -0.25) is 0 Å². The minimum atomic E-state index is -4.59. The van der Waals surface area contributed by atoms with Crippen molar-refractivity contribution in [1.29, 1.82) is 0 Å². The second kappa shape index (κ2) is 12.8. The summed E-state index contributed by atoms with van der Waals surface area (Å²) in [7, 11) is 0. The minimum absolute atomic E-state index is 0.0402. The van der Waals surface area contributed by atoms with E-state index in [1.165, 1.54) is 0 Å². The molecule has 0 fully saturated rings. The van der Waals surface area contributed by atoms with Gasteiger partial charge >= 0.3 is 137 Å². The third-order valence-electron chi connectivity index (χ3n) is 3.21. The van der Waals surface area contributed by atoms with Gasteiger partial charge in [-0.25, -0.2) is 0 Å². The number of hydrogen-bond donors (Lipinski definition) is 4. The Morgan fingerprint density at radius 3 is 1.55 bits per heavy atom. The fourth-order valence-electron chi connectivity index (χ4n) is 2.10. The fourth-order valence-corrected chi connectivity index (χ4v) is 7.77. The fraction of sp³-hybridized carbons (Fsp3) is 1.00. The second-order valence-electron chi connectivity index (χ2n) is 5.13. The molecule has 7 nitrogen and oxygen atoms in total. The summed E-state index contributed by atoms with van der Waals surface area (Å²) in [5.41, 5.74) is 0. The van der Waals surface area contributed by atoms with E-state index in [1.807, 2.05) is 6.92 Å². The van der Waals surface area contributed by atoms with E-state index >= 15 is 0 Å². The molecular weight excluding hydrogens is 324 g/mol. The number of hydrogen-bond acceptors (Lipinski definition) is 7. The average Bonchev–Trinajstić information content (AvgIpc) is 2.52. The predicted molar refractivity (Wildman–Crippen MR) is 83.5 cm³/mol. The Balaban J connectivity index is 5.27. The van der Waals surface area contributed by atoms with Crippen molar-refractivity contribution in [3.8, 4) is 0 Å². The van der Waals surface area contributed by atoms with Gasteiger partial charge in [0.25, 0.3) is 0 Å². The Hall–Kier alpha value is 0.434. The molecule has 0 aliphatic rings. The van der Waals surface area contributed by atoms with Crippen LogP contribution in [-0.4, -0.2) is 56.3 Å². The Kier molecular flexibility index (Phi) is 13.1. The number of rotatable bonds is 16. The summed E-state index contributed by atoms with van der Waals surface area (Å²) >= 11 is -4.59. The van der Waals surface area contributed by atoms with Crippen LogP contribution < -0.4 is 7.60 Å². The summed E-state index contributed by atoms with van der Waals surface area (Å²) in [5, 5.41) is 18.4. The first-order chi connectivity index (χ1) is 10.6. The molecule has 0 aromatic carbocycles. The summed E-state index contributed by atoms with van der Waals surface area (Å²) in [6, 6.07) is 0. The third-order valence-corrected chi connectivity index (χ3v) is 9.44. The maximum absolute atomic E-state index is 9.21. The first-order valence-corrected chi connectivity index (χ1v) is 11.9. The van der Waals surface area contributed by atoms with Crippen molar-refractivity contribution in [2.24, 2.45) is 0 Å². The zero-order valence-corrected chi connectivity index (χ0v) is 16.0. The van der Waals surface area contributed by atoms with E-state index in [2.05, 4.69) is 21.4 Å². The molecule has 0 unspecified atom stereocenters. The van der Waals surface area contributed by atoms with Crippen LogP contribution in [0.5, 0.6) is 0 Å². The van der Waals surface area contributed by atoms with E-state index in [-0.39, 0.29) is 13.2 Å². The molecule has 4 N–H and O–H groups in total. The van der Waals surface area contributed by atoms with Gasteiger partial charge in [0.15, 0.2) is 0 Å². The van der Waals surface area contributed by atoms with Crippen molar-refractivity contribution in [3.05, 3.63) is 0 Å². The predicted octanol–water partition coefficient (Wildman–Crippen LogP) is 1.08. The van der Waals surface area contributed by atoms with E-state index in [4.69, 9.17) is 9.96 Å². The molecule has 0 heterocycles. The summed E-state index contributed by atoms with van der Waals surface area (Å²) in [6.07, 6.45) is 3.79. The number of aliphatic hydroxyl groups is 2. The molecule has 0 rings (SSSR count). The molecule has 0 aliphatic heterocycles. The third kappa shape index (κ3) is 7.81. The molecule has 0 aromatic rings. The van der Waals surface area contributed by atoms with Gasteiger partial charge in [0, 0.05) is 0 Å². The van der Waals surface area contributed by atoms with Gasteiger partial charge in [0.1, 0.15) is 0 Å². The molecule has 0 aromatic heterocycles. The Bertz CT molecular complexity index is 250. The monoisotopic (exact) mass is 359 g/mol. The molecule has 0 spiro atoms. The van der Waals surface area contributed by atoms with Crippen molar-refractivity contribution in [3.63, 3.8) is 0 Å². The molecule has 0 atom stereocenters. The van der Waals surface area contributed by atoms with Crippen molar-refractivity contribution < 1.29 is 37.2 Å². The Morgan fingerprint density at radius 2 is 1.23 bits per heavy atom. The summed E-state index contributed by atoms with van der Waals surface area (Å²) in [5.74, 6) is 0. The summed E-state index contributed by atoms with van der Waals surface area (Å²) in [6.45, 7) is 8.05. The van der Waals surface area contributed by atoms with Gasteiger partial charge in [-0.05, 0) is 0 Å². The first-order valence-electron chi connectivity index (χ1n) is 8.44.